The van der Waals surface area contributed by atoms with E-state index in [1.165, 1.54) is 13.3 Å². The van der Waals surface area contributed by atoms with Crippen LogP contribution in [-0.4, -0.2) is 42.7 Å². The van der Waals surface area contributed by atoms with E-state index in [0.717, 1.165) is 22.2 Å². The minimum atomic E-state index is -0.508. The third-order valence-electron chi connectivity index (χ3n) is 6.25. The monoisotopic (exact) mass is 404 g/mol. The number of methoxy groups -OCH3 is 1. The predicted octanol–water partition coefficient (Wildman–Crippen LogP) is 2.53. The highest BCUT2D eigenvalue weighted by Gasteiger charge is 2.59. The van der Waals surface area contributed by atoms with E-state index in [9.17, 15) is 14.4 Å². The van der Waals surface area contributed by atoms with Gasteiger partial charge in [-0.25, -0.2) is 4.79 Å². The van der Waals surface area contributed by atoms with E-state index in [2.05, 4.69) is 9.84 Å². The van der Waals surface area contributed by atoms with Crippen LogP contribution in [0, 0.1) is 23.7 Å². The van der Waals surface area contributed by atoms with Crippen LogP contribution in [0.5, 0.6) is 5.75 Å². The molecule has 7 nitrogen and oxygen atoms in total. The number of imide groups is 1. The van der Waals surface area contributed by atoms with Crippen molar-refractivity contribution in [2.45, 2.75) is 6.42 Å². The second kappa shape index (κ2) is 7.09. The first-order valence-corrected chi connectivity index (χ1v) is 9.90. The number of amides is 2. The molecule has 4 atom stereocenters. The van der Waals surface area contributed by atoms with Crippen molar-refractivity contribution in [1.29, 1.82) is 0 Å². The molecule has 2 aromatic carbocycles. The van der Waals surface area contributed by atoms with Crippen molar-refractivity contribution in [2.75, 3.05) is 13.7 Å². The Morgan fingerprint density at radius 2 is 1.80 bits per heavy atom. The molecule has 0 aromatic heterocycles. The molecule has 0 N–H and O–H groups in total. The Bertz CT molecular complexity index is 1090. The van der Waals surface area contributed by atoms with Crippen LogP contribution in [0.1, 0.15) is 12.0 Å². The quantitative estimate of drug-likeness (QED) is 0.331. The lowest BCUT2D eigenvalue weighted by atomic mass is 9.85. The number of benzene rings is 2. The minimum Gasteiger partial charge on any atom is -0.481 e. The Balaban J connectivity index is 1.48. The highest BCUT2D eigenvalue weighted by atomic mass is 16.6. The predicted molar refractivity (Wildman–Crippen MR) is 109 cm³/mol. The van der Waals surface area contributed by atoms with E-state index in [1.807, 2.05) is 42.5 Å². The topological polar surface area (TPSA) is 85.3 Å². The molecule has 1 aliphatic heterocycles. The summed E-state index contributed by atoms with van der Waals surface area (Å²) in [7, 11) is 1.29. The molecule has 0 radical (unpaired) electrons. The highest BCUT2D eigenvalue weighted by molar-refractivity contribution is 6.08. The summed E-state index contributed by atoms with van der Waals surface area (Å²) in [6.45, 7) is -0.254. The van der Waals surface area contributed by atoms with E-state index in [-0.39, 0.29) is 42.1 Å². The van der Waals surface area contributed by atoms with Gasteiger partial charge in [0.2, 0.25) is 0 Å². The van der Waals surface area contributed by atoms with Crippen molar-refractivity contribution < 1.29 is 23.9 Å². The van der Waals surface area contributed by atoms with Gasteiger partial charge >= 0.3 is 5.97 Å². The van der Waals surface area contributed by atoms with Crippen LogP contribution in [0.25, 0.3) is 10.8 Å². The zero-order valence-electron chi connectivity index (χ0n) is 16.4. The summed E-state index contributed by atoms with van der Waals surface area (Å²) in [6.07, 6.45) is 6.45. The number of ether oxygens (including phenoxy) is 2. The smallest absolute Gasteiger partial charge is 0.343 e. The summed E-state index contributed by atoms with van der Waals surface area (Å²) >= 11 is 0. The fourth-order valence-corrected chi connectivity index (χ4v) is 4.85. The average Bonchev–Trinajstić information content (AvgIpc) is 3.45. The molecule has 0 unspecified atom stereocenters. The van der Waals surface area contributed by atoms with Gasteiger partial charge in [-0.3, -0.25) is 9.59 Å². The molecule has 152 valence electrons. The number of carbonyl (C=O) groups is 3. The molecule has 1 saturated heterocycles. The number of esters is 1. The number of hydrazone groups is 1. The van der Waals surface area contributed by atoms with E-state index in [1.54, 1.807) is 6.07 Å². The fourth-order valence-electron chi connectivity index (χ4n) is 4.85. The summed E-state index contributed by atoms with van der Waals surface area (Å²) in [5.74, 6) is -0.901. The first-order chi connectivity index (χ1) is 14.6. The fraction of sp³-hybridized carbons (Fsp3) is 0.304. The number of fused-ring (bicyclic) bond motifs is 6. The molecule has 2 amide bonds. The molecule has 1 heterocycles. The van der Waals surface area contributed by atoms with Gasteiger partial charge in [-0.05, 0) is 35.1 Å². The van der Waals surface area contributed by atoms with Crippen molar-refractivity contribution in [2.24, 2.45) is 28.8 Å². The summed E-state index contributed by atoms with van der Waals surface area (Å²) < 4.78 is 10.3. The molecule has 5 rings (SSSR count). The third kappa shape index (κ3) is 2.81. The van der Waals surface area contributed by atoms with Crippen LogP contribution in [0.3, 0.4) is 0 Å². The van der Waals surface area contributed by atoms with E-state index < -0.39 is 5.97 Å². The second-order valence-corrected chi connectivity index (χ2v) is 7.80. The van der Waals surface area contributed by atoms with Gasteiger partial charge < -0.3 is 9.47 Å². The summed E-state index contributed by atoms with van der Waals surface area (Å²) in [5, 5.41) is 7.07. The summed E-state index contributed by atoms with van der Waals surface area (Å²) in [4.78, 5) is 37.3. The Kier molecular flexibility index (Phi) is 4.38. The number of rotatable bonds is 5. The minimum absolute atomic E-state index is 0.133. The van der Waals surface area contributed by atoms with Crippen molar-refractivity contribution in [3.8, 4) is 5.75 Å². The molecule has 2 aliphatic carbocycles. The zero-order chi connectivity index (χ0) is 20.8. The zero-order valence-corrected chi connectivity index (χ0v) is 16.4. The van der Waals surface area contributed by atoms with Gasteiger partial charge in [0, 0.05) is 5.56 Å². The molecule has 2 fully saturated rings. The van der Waals surface area contributed by atoms with Gasteiger partial charge in [0.1, 0.15) is 5.75 Å². The van der Waals surface area contributed by atoms with E-state index >= 15 is 0 Å². The Hall–Kier alpha value is -3.48. The van der Waals surface area contributed by atoms with Gasteiger partial charge in [0.25, 0.3) is 11.8 Å². The van der Waals surface area contributed by atoms with Crippen molar-refractivity contribution in [3.63, 3.8) is 0 Å². The third-order valence-corrected chi connectivity index (χ3v) is 6.25. The molecular formula is C23H20N2O5. The standard InChI is InChI=1S/C23H20N2O5/c1-29-19(26)12-30-18-9-8-13-4-2-3-5-16(13)17(18)11-24-25-22(27)20-14-6-7-15(10-14)21(20)23(25)28/h2-9,11,14-15,20-21H,10,12H2,1H3/t14-,15-,20-,21+/m0/s1. The largest absolute Gasteiger partial charge is 0.481 e. The van der Waals surface area contributed by atoms with Crippen LogP contribution >= 0.6 is 0 Å². The number of nitrogens with zero attached hydrogens (tertiary/aromatic N) is 2. The van der Waals surface area contributed by atoms with Crippen LogP contribution in [0.2, 0.25) is 0 Å². The molecule has 7 heteroatoms. The molecule has 30 heavy (non-hydrogen) atoms. The first-order valence-electron chi connectivity index (χ1n) is 9.90. The summed E-state index contributed by atoms with van der Waals surface area (Å²) in [5.41, 5.74) is 0.593. The molecule has 1 saturated carbocycles. The molecule has 3 aliphatic rings. The highest BCUT2D eigenvalue weighted by Crippen LogP contribution is 2.52. The van der Waals surface area contributed by atoms with Crippen LogP contribution in [0.15, 0.2) is 53.7 Å². The molecule has 2 bridgehead atoms. The van der Waals surface area contributed by atoms with Gasteiger partial charge in [-0.15, -0.1) is 0 Å². The van der Waals surface area contributed by atoms with Gasteiger partial charge in [-0.1, -0.05) is 42.5 Å². The Labute approximate surface area is 172 Å². The van der Waals surface area contributed by atoms with Crippen molar-refractivity contribution in [1.82, 2.24) is 5.01 Å². The number of allylic oxidation sites excluding steroid dienone is 2. The lowest BCUT2D eigenvalue weighted by Crippen LogP contribution is -2.28. The van der Waals surface area contributed by atoms with Crippen molar-refractivity contribution >= 4 is 34.8 Å². The van der Waals surface area contributed by atoms with Crippen LogP contribution in [-0.2, 0) is 19.1 Å². The number of hydrogen-bond acceptors (Lipinski definition) is 6. The van der Waals surface area contributed by atoms with E-state index in [4.69, 9.17) is 4.74 Å². The molecule has 2 aromatic rings. The van der Waals surface area contributed by atoms with Crippen LogP contribution < -0.4 is 4.74 Å². The van der Waals surface area contributed by atoms with Gasteiger partial charge in [0.15, 0.2) is 6.61 Å². The second-order valence-electron chi connectivity index (χ2n) is 7.80. The number of carbonyl (C=O) groups excluding carboxylic acids is 3. The van der Waals surface area contributed by atoms with E-state index in [0.29, 0.717) is 11.3 Å². The Morgan fingerprint density at radius 1 is 1.10 bits per heavy atom. The lowest BCUT2D eigenvalue weighted by Gasteiger charge is -2.13. The normalized spacial score (nSPS) is 26.8. The average molecular weight is 404 g/mol. The Morgan fingerprint density at radius 3 is 2.50 bits per heavy atom. The summed E-state index contributed by atoms with van der Waals surface area (Å²) in [6, 6.07) is 11.2. The van der Waals surface area contributed by atoms with Crippen LogP contribution in [0.4, 0.5) is 0 Å². The maximum atomic E-state index is 12.9. The maximum absolute atomic E-state index is 12.9. The maximum Gasteiger partial charge on any atom is 0.343 e. The molecular weight excluding hydrogens is 384 g/mol. The molecule has 0 spiro atoms. The number of hydrogen-bond donors (Lipinski definition) is 0. The van der Waals surface area contributed by atoms with Gasteiger partial charge in [0.05, 0.1) is 25.2 Å². The lowest BCUT2D eigenvalue weighted by molar-refractivity contribution is -0.143. The van der Waals surface area contributed by atoms with Gasteiger partial charge in [-0.2, -0.15) is 10.1 Å². The SMILES string of the molecule is COC(=O)COc1ccc2ccccc2c1C=NN1C(=O)[C@@H]2[C@H](C1=O)[C@H]1C=C[C@H]2C1. The first kappa shape index (κ1) is 18.5. The van der Waals surface area contributed by atoms with Crippen molar-refractivity contribution in [3.05, 3.63) is 54.1 Å².